The van der Waals surface area contributed by atoms with Gasteiger partial charge in [-0.15, -0.1) is 0 Å². The Morgan fingerprint density at radius 3 is 2.45 bits per heavy atom. The van der Waals surface area contributed by atoms with Gasteiger partial charge in [0.1, 0.15) is 6.04 Å². The van der Waals surface area contributed by atoms with E-state index < -0.39 is 12.1 Å². The van der Waals surface area contributed by atoms with Gasteiger partial charge in [-0.2, -0.15) is 0 Å². The largest absolute Gasteiger partial charge is 0.339 e. The van der Waals surface area contributed by atoms with Crippen LogP contribution < -0.4 is 11.1 Å². The van der Waals surface area contributed by atoms with Gasteiger partial charge in [-0.1, -0.05) is 43.8 Å². The van der Waals surface area contributed by atoms with Gasteiger partial charge in [0.15, 0.2) is 0 Å². The first kappa shape index (κ1) is 24.6. The summed E-state index contributed by atoms with van der Waals surface area (Å²) < 4.78 is 0. The molecule has 0 aliphatic carbocycles. The number of carbonyl (C=O) groups is 3. The lowest BCUT2D eigenvalue weighted by molar-refractivity contribution is -0.138. The molecule has 0 unspecified atom stereocenters. The minimum absolute atomic E-state index is 0.0330. The van der Waals surface area contributed by atoms with E-state index in [0.717, 1.165) is 18.4 Å². The fourth-order valence-corrected chi connectivity index (χ4v) is 4.01. The number of hydrogen-bond donors (Lipinski definition) is 2. The minimum atomic E-state index is -0.817. The van der Waals surface area contributed by atoms with Crippen molar-refractivity contribution < 1.29 is 14.4 Å². The lowest BCUT2D eigenvalue weighted by Gasteiger charge is -2.36. The summed E-state index contributed by atoms with van der Waals surface area (Å²) in [4.78, 5) is 41.7. The van der Waals surface area contributed by atoms with Gasteiger partial charge in [-0.05, 0) is 44.2 Å². The second-order valence-corrected chi connectivity index (χ2v) is 8.39. The first-order chi connectivity index (χ1) is 14.7. The van der Waals surface area contributed by atoms with Crippen molar-refractivity contribution in [3.05, 3.63) is 48.0 Å². The highest BCUT2D eigenvalue weighted by molar-refractivity contribution is 5.92. The normalized spacial score (nSPS) is 18.7. The third kappa shape index (κ3) is 6.17. The Kier molecular flexibility index (Phi) is 8.80. The smallest absolute Gasteiger partial charge is 0.249 e. The number of nitrogens with two attached hydrogens (primary N) is 1. The average molecular weight is 429 g/mol. The van der Waals surface area contributed by atoms with Gasteiger partial charge >= 0.3 is 0 Å². The lowest BCUT2D eigenvalue weighted by atomic mass is 10.0. The number of nitrogens with one attached hydrogen (secondary N) is 1. The highest BCUT2D eigenvalue weighted by atomic mass is 16.2. The maximum Gasteiger partial charge on any atom is 0.249 e. The van der Waals surface area contributed by atoms with Gasteiger partial charge in [-0.25, -0.2) is 0 Å². The highest BCUT2D eigenvalue weighted by Crippen LogP contribution is 2.26. The maximum absolute atomic E-state index is 13.3. The summed E-state index contributed by atoms with van der Waals surface area (Å²) in [5.41, 5.74) is 7.44. The number of carbonyl (C=O) groups excluding carboxylic acids is 3. The summed E-state index contributed by atoms with van der Waals surface area (Å²) in [6.45, 7) is 12.0. The van der Waals surface area contributed by atoms with E-state index in [0.29, 0.717) is 25.1 Å². The van der Waals surface area contributed by atoms with Crippen molar-refractivity contribution in [2.45, 2.75) is 71.1 Å². The Labute approximate surface area is 185 Å². The lowest BCUT2D eigenvalue weighted by Crippen LogP contribution is -2.55. The second-order valence-electron chi connectivity index (χ2n) is 8.39. The topological polar surface area (TPSA) is 95.7 Å². The van der Waals surface area contributed by atoms with Gasteiger partial charge in [0, 0.05) is 26.1 Å². The van der Waals surface area contributed by atoms with Crippen LogP contribution in [0.1, 0.15) is 58.6 Å². The standard InChI is InChI=1S/C24H36N4O3/c1-6-21(25)23(30)26-22(16(2)3)24(31)27-14-10-13-20(27)15-28(18(5)29)17(4)19-11-8-7-9-12-19/h7-9,11-12,17,20-22H,2,6,10,13-15,25H2,1,3-5H3,(H,26,30)/t17-,20+,21+,22+/m1/s1. The van der Waals surface area contributed by atoms with Gasteiger partial charge in [0.2, 0.25) is 17.7 Å². The molecular weight excluding hydrogens is 392 g/mol. The summed E-state index contributed by atoms with van der Waals surface area (Å²) in [5.74, 6) is -0.584. The van der Waals surface area contributed by atoms with Gasteiger partial charge < -0.3 is 20.9 Å². The first-order valence-corrected chi connectivity index (χ1v) is 11.0. The molecule has 1 heterocycles. The average Bonchev–Trinajstić information content (AvgIpc) is 3.22. The molecule has 0 spiro atoms. The molecule has 0 saturated carbocycles. The van der Waals surface area contributed by atoms with E-state index >= 15 is 0 Å². The zero-order chi connectivity index (χ0) is 23.1. The van der Waals surface area contributed by atoms with E-state index in [4.69, 9.17) is 5.73 Å². The van der Waals surface area contributed by atoms with Crippen LogP contribution in [0.25, 0.3) is 0 Å². The summed E-state index contributed by atoms with van der Waals surface area (Å²) in [6, 6.07) is 8.17. The molecular formula is C24H36N4O3. The predicted molar refractivity (Wildman–Crippen MR) is 122 cm³/mol. The minimum Gasteiger partial charge on any atom is -0.339 e. The molecule has 7 nitrogen and oxygen atoms in total. The Hall–Kier alpha value is -2.67. The van der Waals surface area contributed by atoms with Crippen molar-refractivity contribution in [3.63, 3.8) is 0 Å². The maximum atomic E-state index is 13.3. The molecule has 2 rings (SSSR count). The summed E-state index contributed by atoms with van der Waals surface area (Å²) in [7, 11) is 0. The number of amides is 3. The Morgan fingerprint density at radius 2 is 1.90 bits per heavy atom. The van der Waals surface area contributed by atoms with Crippen LogP contribution >= 0.6 is 0 Å². The third-order valence-corrected chi connectivity index (χ3v) is 6.02. The molecule has 1 aromatic rings. The van der Waals surface area contributed by atoms with Crippen LogP contribution in [0.15, 0.2) is 42.5 Å². The van der Waals surface area contributed by atoms with Gasteiger partial charge in [0.05, 0.1) is 12.1 Å². The number of nitrogens with zero attached hydrogens (tertiary/aromatic N) is 2. The molecule has 7 heteroatoms. The monoisotopic (exact) mass is 428 g/mol. The van der Waals surface area contributed by atoms with Crippen LogP contribution in [-0.2, 0) is 14.4 Å². The van der Waals surface area contributed by atoms with Crippen molar-refractivity contribution in [1.82, 2.24) is 15.1 Å². The third-order valence-electron chi connectivity index (χ3n) is 6.02. The number of hydrogen-bond acceptors (Lipinski definition) is 4. The molecule has 1 aliphatic heterocycles. The van der Waals surface area contributed by atoms with E-state index in [9.17, 15) is 14.4 Å². The second kappa shape index (κ2) is 11.1. The van der Waals surface area contributed by atoms with Crippen LogP contribution in [0.2, 0.25) is 0 Å². The molecule has 3 N–H and O–H groups in total. The molecule has 1 aromatic carbocycles. The van der Waals surface area contributed by atoms with Gasteiger partial charge in [-0.3, -0.25) is 14.4 Å². The van der Waals surface area contributed by atoms with Crippen LogP contribution in [-0.4, -0.2) is 58.7 Å². The number of rotatable bonds is 9. The quantitative estimate of drug-likeness (QED) is 0.590. The fourth-order valence-electron chi connectivity index (χ4n) is 4.01. The Balaban J connectivity index is 2.17. The fraction of sp³-hybridized carbons (Fsp3) is 0.542. The van der Waals surface area contributed by atoms with E-state index in [2.05, 4.69) is 11.9 Å². The summed E-state index contributed by atoms with van der Waals surface area (Å²) in [5, 5.41) is 2.75. The molecule has 0 aromatic heterocycles. The molecule has 1 saturated heterocycles. The van der Waals surface area contributed by atoms with Crippen LogP contribution in [0.4, 0.5) is 0 Å². The van der Waals surface area contributed by atoms with Crippen molar-refractivity contribution in [2.75, 3.05) is 13.1 Å². The summed E-state index contributed by atoms with van der Waals surface area (Å²) in [6.07, 6.45) is 2.15. The molecule has 3 amide bonds. The zero-order valence-electron chi connectivity index (χ0n) is 19.1. The number of likely N-dealkylation sites (tertiary alicyclic amines) is 1. The van der Waals surface area contributed by atoms with Crippen molar-refractivity contribution >= 4 is 17.7 Å². The number of benzene rings is 1. The molecule has 170 valence electrons. The van der Waals surface area contributed by atoms with Crippen molar-refractivity contribution in [2.24, 2.45) is 5.73 Å². The molecule has 0 radical (unpaired) electrons. The van der Waals surface area contributed by atoms with E-state index in [1.807, 2.05) is 49.1 Å². The Morgan fingerprint density at radius 1 is 1.26 bits per heavy atom. The molecule has 0 bridgehead atoms. The predicted octanol–water partition coefficient (Wildman–Crippen LogP) is 2.39. The molecule has 4 atom stereocenters. The van der Waals surface area contributed by atoms with E-state index in [1.165, 1.54) is 0 Å². The van der Waals surface area contributed by atoms with E-state index in [1.54, 1.807) is 18.7 Å². The first-order valence-electron chi connectivity index (χ1n) is 11.0. The van der Waals surface area contributed by atoms with Crippen LogP contribution in [0.5, 0.6) is 0 Å². The van der Waals surface area contributed by atoms with Crippen LogP contribution in [0, 0.1) is 0 Å². The molecule has 31 heavy (non-hydrogen) atoms. The molecule has 1 fully saturated rings. The van der Waals surface area contributed by atoms with E-state index in [-0.39, 0.29) is 29.8 Å². The molecule has 1 aliphatic rings. The zero-order valence-corrected chi connectivity index (χ0v) is 19.1. The SMILES string of the molecule is C=C(C)[C@H](NC(=O)[C@@H](N)CC)C(=O)N1CCC[C@H]1CN(C(C)=O)[C@H](C)c1ccccc1. The summed E-state index contributed by atoms with van der Waals surface area (Å²) >= 11 is 0. The van der Waals surface area contributed by atoms with Crippen molar-refractivity contribution in [3.8, 4) is 0 Å². The van der Waals surface area contributed by atoms with Crippen molar-refractivity contribution in [1.29, 1.82) is 0 Å². The van der Waals surface area contributed by atoms with Crippen LogP contribution in [0.3, 0.4) is 0 Å². The highest BCUT2D eigenvalue weighted by Gasteiger charge is 2.36. The van der Waals surface area contributed by atoms with Gasteiger partial charge in [0.25, 0.3) is 0 Å². The Bertz CT molecular complexity index is 795.